The molecule has 0 aliphatic carbocycles. The molecule has 1 aromatic heterocycles. The van der Waals surface area contributed by atoms with E-state index in [0.717, 1.165) is 18.9 Å². The van der Waals surface area contributed by atoms with E-state index in [1.165, 1.54) is 6.20 Å². The molecule has 0 atom stereocenters. The summed E-state index contributed by atoms with van der Waals surface area (Å²) in [7, 11) is 0. The van der Waals surface area contributed by atoms with Crippen LogP contribution in [0.2, 0.25) is 0 Å². The summed E-state index contributed by atoms with van der Waals surface area (Å²) in [5, 5.41) is 2.49. The lowest BCUT2D eigenvalue weighted by Gasteiger charge is -2.27. The standard InChI is InChI=1S/C14H19N3O5/c1-2-21-13(18)10-22-14(19)16-11-3-4-12(15-9-11)17-5-7-20-8-6-17/h3-4,9H,2,5-8,10H2,1H3,(H,16,19). The number of carbonyl (C=O) groups excluding carboxylic acids is 2. The van der Waals surface area contributed by atoms with Gasteiger partial charge in [-0.2, -0.15) is 0 Å². The van der Waals surface area contributed by atoms with Gasteiger partial charge in [0.1, 0.15) is 5.82 Å². The first-order valence-electron chi connectivity index (χ1n) is 7.07. The second-order valence-corrected chi connectivity index (χ2v) is 4.51. The average molecular weight is 309 g/mol. The Hall–Kier alpha value is -2.35. The zero-order chi connectivity index (χ0) is 15.8. The second kappa shape index (κ2) is 8.18. The van der Waals surface area contributed by atoms with Crippen molar-refractivity contribution in [3.8, 4) is 0 Å². The van der Waals surface area contributed by atoms with Gasteiger partial charge in [-0.3, -0.25) is 5.32 Å². The Morgan fingerprint density at radius 3 is 2.73 bits per heavy atom. The Bertz CT molecular complexity index is 500. The van der Waals surface area contributed by atoms with Crippen molar-refractivity contribution in [2.45, 2.75) is 6.92 Å². The minimum atomic E-state index is -0.728. The molecule has 1 aromatic rings. The van der Waals surface area contributed by atoms with Gasteiger partial charge in [0.2, 0.25) is 0 Å². The van der Waals surface area contributed by atoms with Crippen molar-refractivity contribution in [2.24, 2.45) is 0 Å². The quantitative estimate of drug-likeness (QED) is 0.812. The summed E-state index contributed by atoms with van der Waals surface area (Å²) in [4.78, 5) is 29.0. The largest absolute Gasteiger partial charge is 0.463 e. The molecule has 1 amide bonds. The lowest BCUT2D eigenvalue weighted by atomic mass is 10.3. The van der Waals surface area contributed by atoms with Crippen LogP contribution in [-0.4, -0.2) is 56.6 Å². The van der Waals surface area contributed by atoms with Crippen LogP contribution in [0.1, 0.15) is 6.92 Å². The molecule has 1 aliphatic rings. The molecule has 0 radical (unpaired) electrons. The van der Waals surface area contributed by atoms with Gasteiger partial charge < -0.3 is 19.1 Å². The van der Waals surface area contributed by atoms with Gasteiger partial charge in [-0.05, 0) is 19.1 Å². The van der Waals surface area contributed by atoms with Gasteiger partial charge in [0.25, 0.3) is 0 Å². The van der Waals surface area contributed by atoms with Gasteiger partial charge in [0, 0.05) is 13.1 Å². The molecule has 8 nitrogen and oxygen atoms in total. The van der Waals surface area contributed by atoms with Gasteiger partial charge in [-0.1, -0.05) is 0 Å². The molecule has 0 unspecified atom stereocenters. The third-order valence-electron chi connectivity index (χ3n) is 2.96. The lowest BCUT2D eigenvalue weighted by molar-refractivity contribution is -0.146. The lowest BCUT2D eigenvalue weighted by Crippen LogP contribution is -2.36. The number of pyridine rings is 1. The molecule has 1 aliphatic heterocycles. The Morgan fingerprint density at radius 1 is 1.32 bits per heavy atom. The molecule has 120 valence electrons. The van der Waals surface area contributed by atoms with E-state index in [1.807, 2.05) is 6.07 Å². The molecular weight excluding hydrogens is 290 g/mol. The molecule has 2 heterocycles. The van der Waals surface area contributed by atoms with Crippen molar-refractivity contribution in [1.29, 1.82) is 0 Å². The van der Waals surface area contributed by atoms with Gasteiger partial charge in [0.15, 0.2) is 6.61 Å². The fourth-order valence-corrected chi connectivity index (χ4v) is 1.92. The van der Waals surface area contributed by atoms with Gasteiger partial charge in [-0.15, -0.1) is 0 Å². The van der Waals surface area contributed by atoms with Crippen molar-refractivity contribution >= 4 is 23.6 Å². The number of rotatable bonds is 5. The first-order valence-corrected chi connectivity index (χ1v) is 7.07. The molecule has 0 spiro atoms. The number of nitrogens with zero attached hydrogens (tertiary/aromatic N) is 2. The Morgan fingerprint density at radius 2 is 2.09 bits per heavy atom. The summed E-state index contributed by atoms with van der Waals surface area (Å²) in [6, 6.07) is 3.54. The van der Waals surface area contributed by atoms with Crippen molar-refractivity contribution in [1.82, 2.24) is 4.98 Å². The van der Waals surface area contributed by atoms with Crippen LogP contribution >= 0.6 is 0 Å². The number of anilines is 2. The minimum absolute atomic E-state index is 0.247. The maximum atomic E-state index is 11.5. The van der Waals surface area contributed by atoms with Crippen molar-refractivity contribution < 1.29 is 23.8 Å². The molecule has 2 rings (SSSR count). The molecule has 8 heteroatoms. The Balaban J connectivity index is 1.80. The first-order chi connectivity index (χ1) is 10.7. The normalized spacial score (nSPS) is 14.3. The SMILES string of the molecule is CCOC(=O)COC(=O)Nc1ccc(N2CCOCC2)nc1. The predicted octanol–water partition coefficient (Wildman–Crippen LogP) is 1.03. The van der Waals surface area contributed by atoms with E-state index < -0.39 is 18.7 Å². The number of hydrogen-bond donors (Lipinski definition) is 1. The molecule has 0 aromatic carbocycles. The van der Waals surface area contributed by atoms with Crippen LogP contribution in [0.5, 0.6) is 0 Å². The third kappa shape index (κ3) is 4.88. The van der Waals surface area contributed by atoms with Crippen LogP contribution in [0.3, 0.4) is 0 Å². The van der Waals surface area contributed by atoms with Crippen LogP contribution in [-0.2, 0) is 19.0 Å². The summed E-state index contributed by atoms with van der Waals surface area (Å²) in [5.74, 6) is 0.243. The van der Waals surface area contributed by atoms with Gasteiger partial charge in [-0.25, -0.2) is 14.6 Å². The number of carbonyl (C=O) groups is 2. The van der Waals surface area contributed by atoms with Crippen molar-refractivity contribution in [2.75, 3.05) is 49.7 Å². The average Bonchev–Trinajstić information content (AvgIpc) is 2.55. The maximum Gasteiger partial charge on any atom is 0.412 e. The van der Waals surface area contributed by atoms with E-state index >= 15 is 0 Å². The Labute approximate surface area is 128 Å². The number of aromatic nitrogens is 1. The third-order valence-corrected chi connectivity index (χ3v) is 2.96. The Kier molecular flexibility index (Phi) is 5.96. The molecule has 1 saturated heterocycles. The van der Waals surface area contributed by atoms with Crippen LogP contribution in [0.25, 0.3) is 0 Å². The van der Waals surface area contributed by atoms with E-state index in [9.17, 15) is 9.59 Å². The zero-order valence-corrected chi connectivity index (χ0v) is 12.4. The van der Waals surface area contributed by atoms with E-state index in [4.69, 9.17) is 9.47 Å². The minimum Gasteiger partial charge on any atom is -0.463 e. The highest BCUT2D eigenvalue weighted by Gasteiger charge is 2.13. The highest BCUT2D eigenvalue weighted by molar-refractivity contribution is 5.86. The molecular formula is C14H19N3O5. The fraction of sp³-hybridized carbons (Fsp3) is 0.500. The van der Waals surface area contributed by atoms with Crippen LogP contribution in [0.15, 0.2) is 18.3 Å². The number of amides is 1. The molecule has 1 N–H and O–H groups in total. The fourth-order valence-electron chi connectivity index (χ4n) is 1.92. The van der Waals surface area contributed by atoms with Crippen LogP contribution in [0, 0.1) is 0 Å². The van der Waals surface area contributed by atoms with E-state index in [-0.39, 0.29) is 6.61 Å². The highest BCUT2D eigenvalue weighted by atomic mass is 16.6. The zero-order valence-electron chi connectivity index (χ0n) is 12.4. The van der Waals surface area contributed by atoms with Crippen LogP contribution < -0.4 is 10.2 Å². The highest BCUT2D eigenvalue weighted by Crippen LogP contribution is 2.15. The van der Waals surface area contributed by atoms with E-state index in [0.29, 0.717) is 18.9 Å². The number of esters is 1. The van der Waals surface area contributed by atoms with E-state index in [2.05, 4.69) is 19.9 Å². The number of ether oxygens (including phenoxy) is 3. The topological polar surface area (TPSA) is 90.0 Å². The first kappa shape index (κ1) is 16.0. The molecule has 0 saturated carbocycles. The molecule has 1 fully saturated rings. The summed E-state index contributed by atoms with van der Waals surface area (Å²) in [6.45, 7) is 4.46. The van der Waals surface area contributed by atoms with Gasteiger partial charge >= 0.3 is 12.1 Å². The molecule has 0 bridgehead atoms. The monoisotopic (exact) mass is 309 g/mol. The summed E-state index contributed by atoms with van der Waals surface area (Å²) in [5.41, 5.74) is 0.492. The number of hydrogen-bond acceptors (Lipinski definition) is 7. The summed E-state index contributed by atoms with van der Waals surface area (Å²) < 4.78 is 14.7. The smallest absolute Gasteiger partial charge is 0.412 e. The molecule has 22 heavy (non-hydrogen) atoms. The number of nitrogens with one attached hydrogen (secondary N) is 1. The van der Waals surface area contributed by atoms with Gasteiger partial charge in [0.05, 0.1) is 31.7 Å². The van der Waals surface area contributed by atoms with E-state index in [1.54, 1.807) is 13.0 Å². The second-order valence-electron chi connectivity index (χ2n) is 4.51. The van der Waals surface area contributed by atoms with Crippen molar-refractivity contribution in [3.05, 3.63) is 18.3 Å². The summed E-state index contributed by atoms with van der Waals surface area (Å²) >= 11 is 0. The number of morpholine rings is 1. The summed E-state index contributed by atoms with van der Waals surface area (Å²) in [6.07, 6.45) is 0.810. The van der Waals surface area contributed by atoms with Crippen LogP contribution in [0.4, 0.5) is 16.3 Å². The van der Waals surface area contributed by atoms with Crippen molar-refractivity contribution in [3.63, 3.8) is 0 Å². The maximum absolute atomic E-state index is 11.5. The predicted molar refractivity (Wildman–Crippen MR) is 78.9 cm³/mol.